The van der Waals surface area contributed by atoms with E-state index in [1.807, 2.05) is 6.07 Å². The van der Waals surface area contributed by atoms with Gasteiger partial charge in [-0.2, -0.15) is 0 Å². The van der Waals surface area contributed by atoms with Gasteiger partial charge in [0.1, 0.15) is 5.75 Å². The van der Waals surface area contributed by atoms with Gasteiger partial charge in [0.05, 0.1) is 13.2 Å². The third kappa shape index (κ3) is 4.42. The lowest BCUT2D eigenvalue weighted by molar-refractivity contribution is -0.0155. The summed E-state index contributed by atoms with van der Waals surface area (Å²) in [5.74, 6) is 0.946. The van der Waals surface area contributed by atoms with E-state index in [-0.39, 0.29) is 0 Å². The van der Waals surface area contributed by atoms with E-state index in [1.54, 1.807) is 7.11 Å². The Balaban J connectivity index is 1.51. The quantitative estimate of drug-likeness (QED) is 0.795. The fraction of sp³-hybridized carbons (Fsp3) is 0.700. The van der Waals surface area contributed by atoms with Crippen LogP contribution in [0.5, 0.6) is 5.75 Å². The maximum Gasteiger partial charge on any atom is 0.120 e. The molecule has 2 aliphatic heterocycles. The number of anilines is 1. The molecule has 1 aromatic carbocycles. The number of hydrogen-bond acceptors (Lipinski definition) is 4. The van der Waals surface area contributed by atoms with E-state index in [0.717, 1.165) is 44.5 Å². The van der Waals surface area contributed by atoms with Crippen molar-refractivity contribution in [3.8, 4) is 5.75 Å². The zero-order valence-electron chi connectivity index (χ0n) is 15.2. The van der Waals surface area contributed by atoms with Gasteiger partial charge in [-0.3, -0.25) is 4.90 Å². The van der Waals surface area contributed by atoms with Crippen molar-refractivity contribution in [2.24, 2.45) is 0 Å². The second kappa shape index (κ2) is 8.72. The standard InChI is InChI=1S/C20H32N2O2/c1-3-14-24-20-8-5-11-22(16-20)17-9-12-21(13-10-17)18-6-4-7-19(15-18)23-2/h4,6-7,15,17,20H,3,5,8-14,16H2,1-2H3/t20-/m1/s1. The topological polar surface area (TPSA) is 24.9 Å². The van der Waals surface area contributed by atoms with E-state index in [2.05, 4.69) is 34.9 Å². The summed E-state index contributed by atoms with van der Waals surface area (Å²) in [4.78, 5) is 5.18. The molecule has 0 aliphatic carbocycles. The molecule has 4 nitrogen and oxygen atoms in total. The van der Waals surface area contributed by atoms with Crippen LogP contribution in [0.25, 0.3) is 0 Å². The molecule has 4 heteroatoms. The summed E-state index contributed by atoms with van der Waals surface area (Å²) in [5, 5.41) is 0. The third-order valence-corrected chi connectivity index (χ3v) is 5.37. The van der Waals surface area contributed by atoms with Crippen molar-refractivity contribution in [3.05, 3.63) is 24.3 Å². The lowest BCUT2D eigenvalue weighted by Gasteiger charge is -2.42. The average Bonchev–Trinajstić information content (AvgIpc) is 2.67. The molecule has 1 atom stereocenters. The van der Waals surface area contributed by atoms with Crippen molar-refractivity contribution in [2.75, 3.05) is 44.8 Å². The highest BCUT2D eigenvalue weighted by Gasteiger charge is 2.29. The van der Waals surface area contributed by atoms with E-state index in [4.69, 9.17) is 9.47 Å². The molecule has 0 spiro atoms. The Morgan fingerprint density at radius 3 is 2.71 bits per heavy atom. The summed E-state index contributed by atoms with van der Waals surface area (Å²) in [5.41, 5.74) is 1.29. The van der Waals surface area contributed by atoms with Crippen LogP contribution in [0, 0.1) is 0 Å². The van der Waals surface area contributed by atoms with E-state index in [1.165, 1.54) is 37.9 Å². The normalized spacial score (nSPS) is 23.4. The van der Waals surface area contributed by atoms with Gasteiger partial charge < -0.3 is 14.4 Å². The molecule has 0 N–H and O–H groups in total. The van der Waals surface area contributed by atoms with Crippen LogP contribution in [-0.2, 0) is 4.74 Å². The fourth-order valence-electron chi connectivity index (χ4n) is 4.01. The van der Waals surface area contributed by atoms with E-state index in [0.29, 0.717) is 6.10 Å². The van der Waals surface area contributed by atoms with Crippen LogP contribution in [0.1, 0.15) is 39.0 Å². The van der Waals surface area contributed by atoms with Crippen molar-refractivity contribution in [1.82, 2.24) is 4.90 Å². The zero-order valence-corrected chi connectivity index (χ0v) is 15.2. The van der Waals surface area contributed by atoms with Gasteiger partial charge in [-0.05, 0) is 50.8 Å². The molecule has 0 saturated carbocycles. The van der Waals surface area contributed by atoms with Crippen LogP contribution < -0.4 is 9.64 Å². The van der Waals surface area contributed by atoms with Crippen molar-refractivity contribution < 1.29 is 9.47 Å². The van der Waals surface area contributed by atoms with Gasteiger partial charge in [0.25, 0.3) is 0 Å². The Kier molecular flexibility index (Phi) is 6.38. The molecule has 2 fully saturated rings. The Morgan fingerprint density at radius 2 is 1.96 bits per heavy atom. The predicted molar refractivity (Wildman–Crippen MR) is 99.1 cm³/mol. The summed E-state index contributed by atoms with van der Waals surface area (Å²) in [6, 6.07) is 9.16. The minimum Gasteiger partial charge on any atom is -0.497 e. The van der Waals surface area contributed by atoms with Gasteiger partial charge in [0.2, 0.25) is 0 Å². The molecule has 0 radical (unpaired) electrons. The molecule has 3 rings (SSSR count). The molecule has 0 bridgehead atoms. The van der Waals surface area contributed by atoms with E-state index < -0.39 is 0 Å². The smallest absolute Gasteiger partial charge is 0.120 e. The molecule has 0 amide bonds. The number of likely N-dealkylation sites (tertiary alicyclic amines) is 1. The molecule has 0 unspecified atom stereocenters. The average molecular weight is 332 g/mol. The Labute approximate surface area is 146 Å². The van der Waals surface area contributed by atoms with Crippen molar-refractivity contribution in [1.29, 1.82) is 0 Å². The van der Waals surface area contributed by atoms with Crippen LogP contribution in [0.4, 0.5) is 5.69 Å². The first kappa shape index (κ1) is 17.6. The molecule has 2 aliphatic rings. The second-order valence-corrected chi connectivity index (χ2v) is 7.05. The number of hydrogen-bond donors (Lipinski definition) is 0. The van der Waals surface area contributed by atoms with Crippen molar-refractivity contribution in [2.45, 2.75) is 51.2 Å². The van der Waals surface area contributed by atoms with Crippen LogP contribution >= 0.6 is 0 Å². The van der Waals surface area contributed by atoms with Crippen LogP contribution in [0.2, 0.25) is 0 Å². The first-order valence-corrected chi connectivity index (χ1v) is 9.54. The molecule has 2 saturated heterocycles. The Bertz CT molecular complexity index is 500. The fourth-order valence-corrected chi connectivity index (χ4v) is 4.01. The largest absolute Gasteiger partial charge is 0.497 e. The number of rotatable bonds is 6. The number of ether oxygens (including phenoxy) is 2. The molecule has 2 heterocycles. The SMILES string of the molecule is CCCO[C@@H]1CCCN(C2CCN(c3cccc(OC)c3)CC2)C1. The molecule has 1 aromatic rings. The van der Waals surface area contributed by atoms with Crippen molar-refractivity contribution >= 4 is 5.69 Å². The molecule has 0 aromatic heterocycles. The summed E-state index contributed by atoms with van der Waals surface area (Å²) in [6.07, 6.45) is 6.59. The van der Waals surface area contributed by atoms with Gasteiger partial charge in [-0.25, -0.2) is 0 Å². The number of nitrogens with zero attached hydrogens (tertiary/aromatic N) is 2. The number of piperidine rings is 2. The highest BCUT2D eigenvalue weighted by Crippen LogP contribution is 2.27. The van der Waals surface area contributed by atoms with Gasteiger partial charge in [-0.1, -0.05) is 13.0 Å². The minimum atomic E-state index is 0.454. The Hall–Kier alpha value is -1.26. The predicted octanol–water partition coefficient (Wildman–Crippen LogP) is 3.56. The van der Waals surface area contributed by atoms with Gasteiger partial charge in [0, 0.05) is 44.0 Å². The molecule has 134 valence electrons. The van der Waals surface area contributed by atoms with Gasteiger partial charge in [0.15, 0.2) is 0 Å². The summed E-state index contributed by atoms with van der Waals surface area (Å²) >= 11 is 0. The maximum atomic E-state index is 6.00. The van der Waals surface area contributed by atoms with E-state index in [9.17, 15) is 0 Å². The molecular weight excluding hydrogens is 300 g/mol. The lowest BCUT2D eigenvalue weighted by atomic mass is 9.98. The third-order valence-electron chi connectivity index (χ3n) is 5.37. The van der Waals surface area contributed by atoms with E-state index >= 15 is 0 Å². The van der Waals surface area contributed by atoms with Crippen LogP contribution in [0.3, 0.4) is 0 Å². The second-order valence-electron chi connectivity index (χ2n) is 7.05. The monoisotopic (exact) mass is 332 g/mol. The highest BCUT2D eigenvalue weighted by molar-refractivity contribution is 5.51. The van der Waals surface area contributed by atoms with Gasteiger partial charge >= 0.3 is 0 Å². The number of methoxy groups -OCH3 is 1. The summed E-state index contributed by atoms with van der Waals surface area (Å²) in [6.45, 7) is 7.74. The molecule has 24 heavy (non-hydrogen) atoms. The lowest BCUT2D eigenvalue weighted by Crippen LogP contribution is -2.50. The first-order chi connectivity index (χ1) is 11.8. The van der Waals surface area contributed by atoms with Crippen LogP contribution in [-0.4, -0.2) is 56.9 Å². The maximum absolute atomic E-state index is 6.00. The summed E-state index contributed by atoms with van der Waals surface area (Å²) < 4.78 is 11.4. The summed E-state index contributed by atoms with van der Waals surface area (Å²) in [7, 11) is 1.73. The van der Waals surface area contributed by atoms with Crippen LogP contribution in [0.15, 0.2) is 24.3 Å². The zero-order chi connectivity index (χ0) is 16.8. The first-order valence-electron chi connectivity index (χ1n) is 9.54. The Morgan fingerprint density at radius 1 is 1.12 bits per heavy atom. The minimum absolute atomic E-state index is 0.454. The molecular formula is C20H32N2O2. The highest BCUT2D eigenvalue weighted by atomic mass is 16.5. The van der Waals surface area contributed by atoms with Gasteiger partial charge in [-0.15, -0.1) is 0 Å². The van der Waals surface area contributed by atoms with Crippen molar-refractivity contribution in [3.63, 3.8) is 0 Å². The number of benzene rings is 1.